The maximum atomic E-state index is 12.6. The Morgan fingerprint density at radius 3 is 2.72 bits per heavy atom. The van der Waals surface area contributed by atoms with Crippen molar-refractivity contribution in [1.29, 1.82) is 0 Å². The standard InChI is InChI=1S/C23H19ClN2O3/c1-15-20-12-17(24)7-10-21(20)29-22(15)23(27)26-13-16-5-8-19(9-6-16)28-14-18-4-2-3-11-25-18/h2-12H,13-14H2,1H3,(H,26,27). The number of amides is 1. The van der Waals surface area contributed by atoms with Crippen LogP contribution in [0.5, 0.6) is 5.75 Å². The lowest BCUT2D eigenvalue weighted by atomic mass is 10.1. The van der Waals surface area contributed by atoms with Crippen molar-refractivity contribution >= 4 is 28.5 Å². The molecule has 0 atom stereocenters. The molecule has 2 aromatic carbocycles. The van der Waals surface area contributed by atoms with Gasteiger partial charge in [0.05, 0.1) is 5.69 Å². The minimum absolute atomic E-state index is 0.259. The molecule has 0 radical (unpaired) electrons. The van der Waals surface area contributed by atoms with Gasteiger partial charge in [-0.3, -0.25) is 9.78 Å². The molecule has 0 aliphatic carbocycles. The third-order valence-corrected chi connectivity index (χ3v) is 4.83. The van der Waals surface area contributed by atoms with Gasteiger partial charge < -0.3 is 14.5 Å². The summed E-state index contributed by atoms with van der Waals surface area (Å²) >= 11 is 6.03. The van der Waals surface area contributed by atoms with Gasteiger partial charge >= 0.3 is 0 Å². The number of rotatable bonds is 6. The summed E-state index contributed by atoms with van der Waals surface area (Å²) in [5.41, 5.74) is 3.25. The van der Waals surface area contributed by atoms with Gasteiger partial charge in [0.15, 0.2) is 5.76 Å². The molecule has 0 unspecified atom stereocenters. The van der Waals surface area contributed by atoms with Crippen LogP contribution in [0, 0.1) is 6.92 Å². The normalized spacial score (nSPS) is 10.8. The van der Waals surface area contributed by atoms with Crippen LogP contribution in [0.25, 0.3) is 11.0 Å². The molecule has 2 aromatic heterocycles. The molecule has 0 fully saturated rings. The molecule has 5 nitrogen and oxygen atoms in total. The van der Waals surface area contributed by atoms with Gasteiger partial charge in [0.25, 0.3) is 5.91 Å². The summed E-state index contributed by atoms with van der Waals surface area (Å²) in [5.74, 6) is 0.790. The number of nitrogens with one attached hydrogen (secondary N) is 1. The minimum atomic E-state index is -0.259. The van der Waals surface area contributed by atoms with Gasteiger partial charge in [-0.1, -0.05) is 29.8 Å². The SMILES string of the molecule is Cc1c(C(=O)NCc2ccc(OCc3ccccn3)cc2)oc2ccc(Cl)cc12. The fourth-order valence-corrected chi connectivity index (χ4v) is 3.19. The van der Waals surface area contributed by atoms with Gasteiger partial charge in [-0.05, 0) is 55.0 Å². The molecule has 0 saturated carbocycles. The molecule has 2 heterocycles. The van der Waals surface area contributed by atoms with E-state index >= 15 is 0 Å². The van der Waals surface area contributed by atoms with Crippen molar-refractivity contribution in [3.8, 4) is 5.75 Å². The summed E-state index contributed by atoms with van der Waals surface area (Å²) in [6.07, 6.45) is 1.74. The summed E-state index contributed by atoms with van der Waals surface area (Å²) in [4.78, 5) is 16.8. The summed E-state index contributed by atoms with van der Waals surface area (Å²) in [6, 6.07) is 18.6. The lowest BCUT2D eigenvalue weighted by Crippen LogP contribution is -2.22. The number of carbonyl (C=O) groups is 1. The molecule has 1 amide bonds. The molecule has 29 heavy (non-hydrogen) atoms. The summed E-state index contributed by atoms with van der Waals surface area (Å²) in [5, 5.41) is 4.35. The molecule has 0 aliphatic rings. The molecule has 6 heteroatoms. The van der Waals surface area contributed by atoms with E-state index in [0.717, 1.165) is 28.0 Å². The number of aryl methyl sites for hydroxylation is 1. The van der Waals surface area contributed by atoms with Gasteiger partial charge in [-0.2, -0.15) is 0 Å². The van der Waals surface area contributed by atoms with Crippen molar-refractivity contribution in [2.45, 2.75) is 20.1 Å². The number of carbonyl (C=O) groups excluding carboxylic acids is 1. The maximum Gasteiger partial charge on any atom is 0.287 e. The fourth-order valence-electron chi connectivity index (χ4n) is 3.02. The van der Waals surface area contributed by atoms with Crippen molar-refractivity contribution in [2.75, 3.05) is 0 Å². The molecule has 4 aromatic rings. The Bertz CT molecular complexity index is 1140. The van der Waals surface area contributed by atoms with Crippen molar-refractivity contribution < 1.29 is 13.9 Å². The quantitative estimate of drug-likeness (QED) is 0.472. The number of fused-ring (bicyclic) bond motifs is 1. The first kappa shape index (κ1) is 19.0. The molecular weight excluding hydrogens is 388 g/mol. The largest absolute Gasteiger partial charge is 0.487 e. The van der Waals surface area contributed by atoms with Crippen LogP contribution in [-0.2, 0) is 13.2 Å². The average molecular weight is 407 g/mol. The molecule has 4 rings (SSSR count). The van der Waals surface area contributed by atoms with Crippen molar-refractivity contribution in [2.24, 2.45) is 0 Å². The Labute approximate surface area is 173 Å². The lowest BCUT2D eigenvalue weighted by Gasteiger charge is -2.08. The number of benzene rings is 2. The summed E-state index contributed by atoms with van der Waals surface area (Å²) in [7, 11) is 0. The van der Waals surface area contributed by atoms with Gasteiger partial charge in [0.1, 0.15) is 17.9 Å². The van der Waals surface area contributed by atoms with E-state index in [1.165, 1.54) is 0 Å². The predicted molar refractivity (Wildman–Crippen MR) is 112 cm³/mol. The van der Waals surface area contributed by atoms with Crippen LogP contribution in [-0.4, -0.2) is 10.9 Å². The number of hydrogen-bond acceptors (Lipinski definition) is 4. The Morgan fingerprint density at radius 1 is 1.14 bits per heavy atom. The zero-order chi connectivity index (χ0) is 20.2. The topological polar surface area (TPSA) is 64.4 Å². The second-order valence-corrected chi connectivity index (χ2v) is 7.07. The van der Waals surface area contributed by atoms with E-state index in [1.807, 2.05) is 49.4 Å². The highest BCUT2D eigenvalue weighted by Gasteiger charge is 2.17. The van der Waals surface area contributed by atoms with Crippen molar-refractivity contribution in [1.82, 2.24) is 10.3 Å². The number of hydrogen-bond donors (Lipinski definition) is 1. The molecule has 146 valence electrons. The summed E-state index contributed by atoms with van der Waals surface area (Å²) < 4.78 is 11.4. The smallest absolute Gasteiger partial charge is 0.287 e. The number of pyridine rings is 1. The van der Waals surface area contributed by atoms with Gasteiger partial charge in [0.2, 0.25) is 0 Å². The summed E-state index contributed by atoms with van der Waals surface area (Å²) in [6.45, 7) is 2.65. The molecule has 0 saturated heterocycles. The predicted octanol–water partition coefficient (Wildman–Crippen LogP) is 5.30. The molecule has 1 N–H and O–H groups in total. The molecular formula is C23H19ClN2O3. The highest BCUT2D eigenvalue weighted by atomic mass is 35.5. The Morgan fingerprint density at radius 2 is 1.97 bits per heavy atom. The lowest BCUT2D eigenvalue weighted by molar-refractivity contribution is 0.0924. The molecule has 0 spiro atoms. The van der Waals surface area contributed by atoms with Crippen LogP contribution in [0.15, 0.2) is 71.3 Å². The second kappa shape index (κ2) is 8.37. The van der Waals surface area contributed by atoms with Crippen LogP contribution in [0.3, 0.4) is 0 Å². The first-order chi connectivity index (χ1) is 14.1. The zero-order valence-electron chi connectivity index (χ0n) is 15.8. The van der Waals surface area contributed by atoms with Gasteiger partial charge in [0, 0.05) is 28.7 Å². The van der Waals surface area contributed by atoms with E-state index in [2.05, 4.69) is 10.3 Å². The monoisotopic (exact) mass is 406 g/mol. The Balaban J connectivity index is 1.36. The van der Waals surface area contributed by atoms with E-state index in [1.54, 1.807) is 24.4 Å². The van der Waals surface area contributed by atoms with Crippen molar-refractivity contribution in [3.05, 3.63) is 94.5 Å². The Kier molecular flexibility index (Phi) is 5.49. The number of aromatic nitrogens is 1. The Hall–Kier alpha value is -3.31. The van der Waals surface area contributed by atoms with E-state index < -0.39 is 0 Å². The van der Waals surface area contributed by atoms with Crippen LogP contribution < -0.4 is 10.1 Å². The average Bonchev–Trinajstić information content (AvgIpc) is 3.08. The third kappa shape index (κ3) is 4.41. The van der Waals surface area contributed by atoms with Crippen LogP contribution in [0.4, 0.5) is 0 Å². The number of halogens is 1. The van der Waals surface area contributed by atoms with E-state index in [0.29, 0.717) is 29.5 Å². The number of furan rings is 1. The number of nitrogens with zero attached hydrogens (tertiary/aromatic N) is 1. The third-order valence-electron chi connectivity index (χ3n) is 4.59. The second-order valence-electron chi connectivity index (χ2n) is 6.63. The molecule has 0 bridgehead atoms. The van der Waals surface area contributed by atoms with E-state index in [9.17, 15) is 4.79 Å². The van der Waals surface area contributed by atoms with E-state index in [4.69, 9.17) is 20.8 Å². The van der Waals surface area contributed by atoms with Gasteiger partial charge in [-0.15, -0.1) is 0 Å². The highest BCUT2D eigenvalue weighted by molar-refractivity contribution is 6.31. The minimum Gasteiger partial charge on any atom is -0.487 e. The van der Waals surface area contributed by atoms with Gasteiger partial charge in [-0.25, -0.2) is 0 Å². The fraction of sp³-hybridized carbons (Fsp3) is 0.130. The van der Waals surface area contributed by atoms with E-state index in [-0.39, 0.29) is 5.91 Å². The van der Waals surface area contributed by atoms with Crippen LogP contribution >= 0.6 is 11.6 Å². The van der Waals surface area contributed by atoms with Crippen LogP contribution in [0.2, 0.25) is 5.02 Å². The first-order valence-electron chi connectivity index (χ1n) is 9.18. The number of ether oxygens (including phenoxy) is 1. The highest BCUT2D eigenvalue weighted by Crippen LogP contribution is 2.27. The zero-order valence-corrected chi connectivity index (χ0v) is 16.6. The first-order valence-corrected chi connectivity index (χ1v) is 9.56. The molecule has 0 aliphatic heterocycles. The van der Waals surface area contributed by atoms with Crippen molar-refractivity contribution in [3.63, 3.8) is 0 Å². The van der Waals surface area contributed by atoms with Crippen LogP contribution in [0.1, 0.15) is 27.4 Å². The maximum absolute atomic E-state index is 12.6.